The molecule has 6 nitrogen and oxygen atoms in total. The van der Waals surface area contributed by atoms with Crippen LogP contribution in [0.4, 0.5) is 10.1 Å². The summed E-state index contributed by atoms with van der Waals surface area (Å²) in [6.07, 6.45) is 2.29. The highest BCUT2D eigenvalue weighted by Crippen LogP contribution is 2.29. The van der Waals surface area contributed by atoms with E-state index in [1.54, 1.807) is 12.1 Å². The molecule has 0 saturated carbocycles. The highest BCUT2D eigenvalue weighted by atomic mass is 19.1. The smallest absolute Gasteiger partial charge is 0.255 e. The lowest BCUT2D eigenvalue weighted by Crippen LogP contribution is -2.22. The van der Waals surface area contributed by atoms with Crippen LogP contribution >= 0.6 is 0 Å². The van der Waals surface area contributed by atoms with E-state index in [9.17, 15) is 9.18 Å². The van der Waals surface area contributed by atoms with Crippen LogP contribution in [0.2, 0.25) is 0 Å². The van der Waals surface area contributed by atoms with Crippen LogP contribution in [0.1, 0.15) is 24.0 Å². The Balaban J connectivity index is 1.64. The minimum Gasteiger partial charge on any atom is -0.493 e. The van der Waals surface area contributed by atoms with Crippen molar-refractivity contribution in [3.63, 3.8) is 0 Å². The first kappa shape index (κ1) is 19.9. The number of carbonyl (C=O) groups excluding carboxylic acids is 1. The Hall–Kier alpha value is -2.80. The third kappa shape index (κ3) is 4.92. The molecule has 7 heteroatoms. The Bertz CT molecular complexity index is 823. The third-order valence-corrected chi connectivity index (χ3v) is 4.77. The molecular formula is C21H26FN3O3. The number of hydrogen-bond acceptors (Lipinski definition) is 5. The summed E-state index contributed by atoms with van der Waals surface area (Å²) in [5.41, 5.74) is 7.73. The molecule has 2 aromatic rings. The Morgan fingerprint density at radius 1 is 1.18 bits per heavy atom. The van der Waals surface area contributed by atoms with Crippen LogP contribution in [0.15, 0.2) is 36.4 Å². The standard InChI is InChI=1S/C21H26FN3O3/c1-27-20-11-15(7-8-19(20)28-14-21(23)26)12-24-13-16-17(22)5-4-6-18(16)25-9-2-3-10-25/h4-8,11,24H,2-3,9-10,12-14H2,1H3,(H2,23,26). The first-order valence-electron chi connectivity index (χ1n) is 9.39. The Morgan fingerprint density at radius 2 is 1.96 bits per heavy atom. The lowest BCUT2D eigenvalue weighted by atomic mass is 10.1. The molecule has 0 bridgehead atoms. The second-order valence-corrected chi connectivity index (χ2v) is 6.78. The Kier molecular flexibility index (Phi) is 6.71. The molecule has 0 radical (unpaired) electrons. The molecule has 0 aliphatic carbocycles. The van der Waals surface area contributed by atoms with Gasteiger partial charge in [0.15, 0.2) is 18.1 Å². The van der Waals surface area contributed by atoms with Crippen molar-refractivity contribution in [3.05, 3.63) is 53.3 Å². The number of halogens is 1. The van der Waals surface area contributed by atoms with E-state index < -0.39 is 5.91 Å². The molecule has 1 amide bonds. The summed E-state index contributed by atoms with van der Waals surface area (Å²) in [5.74, 6) is 0.232. The zero-order valence-electron chi connectivity index (χ0n) is 16.0. The molecule has 28 heavy (non-hydrogen) atoms. The zero-order chi connectivity index (χ0) is 19.9. The average molecular weight is 387 g/mol. The maximum absolute atomic E-state index is 14.4. The van der Waals surface area contributed by atoms with Gasteiger partial charge >= 0.3 is 0 Å². The van der Waals surface area contributed by atoms with Gasteiger partial charge in [-0.05, 0) is 42.7 Å². The van der Waals surface area contributed by atoms with Crippen LogP contribution in [0.3, 0.4) is 0 Å². The topological polar surface area (TPSA) is 76.8 Å². The van der Waals surface area contributed by atoms with E-state index in [-0.39, 0.29) is 12.4 Å². The van der Waals surface area contributed by atoms with Crippen LogP contribution in [-0.4, -0.2) is 32.7 Å². The van der Waals surface area contributed by atoms with E-state index >= 15 is 0 Å². The van der Waals surface area contributed by atoms with Gasteiger partial charge in [-0.25, -0.2) is 4.39 Å². The number of carbonyl (C=O) groups is 1. The summed E-state index contributed by atoms with van der Waals surface area (Å²) in [7, 11) is 1.53. The van der Waals surface area contributed by atoms with Crippen molar-refractivity contribution in [2.24, 2.45) is 5.73 Å². The molecule has 1 heterocycles. The van der Waals surface area contributed by atoms with Gasteiger partial charge in [-0.2, -0.15) is 0 Å². The summed E-state index contributed by atoms with van der Waals surface area (Å²) >= 11 is 0. The minimum absolute atomic E-state index is 0.190. The van der Waals surface area contributed by atoms with Gasteiger partial charge in [0, 0.05) is 37.4 Å². The molecular weight excluding hydrogens is 361 g/mol. The molecule has 0 spiro atoms. The normalized spacial score (nSPS) is 13.6. The van der Waals surface area contributed by atoms with Crippen LogP contribution in [-0.2, 0) is 17.9 Å². The van der Waals surface area contributed by atoms with Gasteiger partial charge in [0.25, 0.3) is 5.91 Å². The van der Waals surface area contributed by atoms with Gasteiger partial charge in [0.05, 0.1) is 7.11 Å². The summed E-state index contributed by atoms with van der Waals surface area (Å²) in [6, 6.07) is 10.7. The first-order chi connectivity index (χ1) is 13.6. The number of rotatable bonds is 9. The molecule has 1 saturated heterocycles. The SMILES string of the molecule is COc1cc(CNCc2c(F)cccc2N2CCCC2)ccc1OCC(N)=O. The summed E-state index contributed by atoms with van der Waals surface area (Å²) in [4.78, 5) is 13.1. The lowest BCUT2D eigenvalue weighted by Gasteiger charge is -2.22. The number of hydrogen-bond donors (Lipinski definition) is 2. The lowest BCUT2D eigenvalue weighted by molar-refractivity contribution is -0.119. The number of benzene rings is 2. The average Bonchev–Trinajstić information content (AvgIpc) is 3.22. The van der Waals surface area contributed by atoms with E-state index in [4.69, 9.17) is 15.2 Å². The minimum atomic E-state index is -0.550. The molecule has 2 aromatic carbocycles. The summed E-state index contributed by atoms with van der Waals surface area (Å²) in [5, 5.41) is 3.31. The largest absolute Gasteiger partial charge is 0.493 e. The van der Waals surface area contributed by atoms with Crippen molar-refractivity contribution in [1.29, 1.82) is 0 Å². The van der Waals surface area contributed by atoms with E-state index in [1.165, 1.54) is 13.2 Å². The fourth-order valence-electron chi connectivity index (χ4n) is 3.40. The number of nitrogens with one attached hydrogen (secondary N) is 1. The van der Waals surface area contributed by atoms with Crippen LogP contribution in [0, 0.1) is 5.82 Å². The quantitative estimate of drug-likeness (QED) is 0.692. The van der Waals surface area contributed by atoms with Crippen LogP contribution in [0.5, 0.6) is 11.5 Å². The number of ether oxygens (including phenoxy) is 2. The monoisotopic (exact) mass is 387 g/mol. The van der Waals surface area contributed by atoms with Crippen molar-refractivity contribution in [2.45, 2.75) is 25.9 Å². The van der Waals surface area contributed by atoms with Gasteiger partial charge < -0.3 is 25.4 Å². The molecule has 3 N–H and O–H groups in total. The third-order valence-electron chi connectivity index (χ3n) is 4.77. The molecule has 1 aliphatic rings. The van der Waals surface area contributed by atoms with Gasteiger partial charge in [0.1, 0.15) is 5.82 Å². The molecule has 0 atom stereocenters. The van der Waals surface area contributed by atoms with Gasteiger partial charge in [-0.1, -0.05) is 12.1 Å². The van der Waals surface area contributed by atoms with Crippen LogP contribution < -0.4 is 25.4 Å². The van der Waals surface area contributed by atoms with E-state index in [1.807, 2.05) is 18.2 Å². The molecule has 150 valence electrons. The number of amides is 1. The number of nitrogens with two attached hydrogens (primary N) is 1. The van der Waals surface area contributed by atoms with Crippen LogP contribution in [0.25, 0.3) is 0 Å². The van der Waals surface area contributed by atoms with Gasteiger partial charge in [0.2, 0.25) is 0 Å². The fraction of sp³-hybridized carbons (Fsp3) is 0.381. The molecule has 0 unspecified atom stereocenters. The number of methoxy groups -OCH3 is 1. The summed E-state index contributed by atoms with van der Waals surface area (Å²) in [6.45, 7) is 2.71. The molecule has 1 fully saturated rings. The van der Waals surface area contributed by atoms with E-state index in [2.05, 4.69) is 10.2 Å². The number of anilines is 1. The summed E-state index contributed by atoms with van der Waals surface area (Å²) < 4.78 is 25.1. The predicted molar refractivity (Wildman–Crippen MR) is 106 cm³/mol. The first-order valence-corrected chi connectivity index (χ1v) is 9.39. The van der Waals surface area contributed by atoms with Crippen molar-refractivity contribution < 1.29 is 18.7 Å². The zero-order valence-corrected chi connectivity index (χ0v) is 16.0. The molecule has 0 aromatic heterocycles. The van der Waals surface area contributed by atoms with E-state index in [0.717, 1.165) is 37.2 Å². The Labute approximate surface area is 164 Å². The predicted octanol–water partition coefficient (Wildman–Crippen LogP) is 2.59. The second-order valence-electron chi connectivity index (χ2n) is 6.78. The van der Waals surface area contributed by atoms with Crippen molar-refractivity contribution in [3.8, 4) is 11.5 Å². The Morgan fingerprint density at radius 3 is 2.68 bits per heavy atom. The van der Waals surface area contributed by atoms with Crippen molar-refractivity contribution in [2.75, 3.05) is 31.7 Å². The van der Waals surface area contributed by atoms with E-state index in [0.29, 0.717) is 30.2 Å². The number of nitrogens with zero attached hydrogens (tertiary/aromatic N) is 1. The maximum Gasteiger partial charge on any atom is 0.255 e. The van der Waals surface area contributed by atoms with Crippen molar-refractivity contribution in [1.82, 2.24) is 5.32 Å². The highest BCUT2D eigenvalue weighted by molar-refractivity contribution is 5.75. The molecule has 3 rings (SSSR count). The fourth-order valence-corrected chi connectivity index (χ4v) is 3.40. The maximum atomic E-state index is 14.4. The highest BCUT2D eigenvalue weighted by Gasteiger charge is 2.18. The molecule has 1 aliphatic heterocycles. The van der Waals surface area contributed by atoms with Crippen molar-refractivity contribution >= 4 is 11.6 Å². The second kappa shape index (κ2) is 9.41. The number of primary amides is 1. The van der Waals surface area contributed by atoms with Gasteiger partial charge in [-0.15, -0.1) is 0 Å². The van der Waals surface area contributed by atoms with Gasteiger partial charge in [-0.3, -0.25) is 4.79 Å².